The molecule has 0 rings (SSSR count). The van der Waals surface area contributed by atoms with Crippen molar-refractivity contribution in [2.45, 2.75) is 33.4 Å². The number of halogens is 3. The lowest BCUT2D eigenvalue weighted by Crippen LogP contribution is -2.07. The Labute approximate surface area is 77.5 Å². The van der Waals surface area contributed by atoms with E-state index in [1.807, 2.05) is 20.9 Å². The molecular formula is C8H18F3NO. The van der Waals surface area contributed by atoms with Gasteiger partial charge in [-0.1, -0.05) is 20.8 Å². The van der Waals surface area contributed by atoms with Gasteiger partial charge in [0.2, 0.25) is 6.29 Å². The Balaban J connectivity index is -0.000000131. The minimum absolute atomic E-state index is 1.06. The zero-order valence-corrected chi connectivity index (χ0v) is 8.53. The van der Waals surface area contributed by atoms with Gasteiger partial charge in [0.15, 0.2) is 0 Å². The first-order chi connectivity index (χ1) is 5.97. The van der Waals surface area contributed by atoms with Crippen molar-refractivity contribution >= 4 is 6.29 Å². The summed E-state index contributed by atoms with van der Waals surface area (Å²) in [5.41, 5.74) is 0. The molecule has 0 amide bonds. The molecule has 0 aromatic heterocycles. The number of hydrogen-bond donors (Lipinski definition) is 1. The van der Waals surface area contributed by atoms with Crippen molar-refractivity contribution in [2.75, 3.05) is 13.6 Å². The number of carbonyl (C=O) groups is 1. The topological polar surface area (TPSA) is 29.1 Å². The summed E-state index contributed by atoms with van der Waals surface area (Å²) >= 11 is 0. The van der Waals surface area contributed by atoms with Gasteiger partial charge in [-0.25, -0.2) is 0 Å². The minimum Gasteiger partial charge on any atom is -0.320 e. The van der Waals surface area contributed by atoms with Crippen molar-refractivity contribution in [3.8, 4) is 0 Å². The largest absolute Gasteiger partial charge is 0.446 e. The van der Waals surface area contributed by atoms with E-state index in [-0.39, 0.29) is 0 Å². The Hall–Kier alpha value is -0.580. The minimum atomic E-state index is -4.64. The van der Waals surface area contributed by atoms with E-state index in [1.54, 1.807) is 0 Å². The lowest BCUT2D eigenvalue weighted by Gasteiger charge is -1.87. The van der Waals surface area contributed by atoms with E-state index < -0.39 is 12.5 Å². The van der Waals surface area contributed by atoms with Gasteiger partial charge >= 0.3 is 6.18 Å². The number of alkyl halides is 3. The fourth-order valence-electron chi connectivity index (χ4n) is 0.250. The van der Waals surface area contributed by atoms with E-state index >= 15 is 0 Å². The zero-order valence-electron chi connectivity index (χ0n) is 8.53. The Morgan fingerprint density at radius 2 is 1.62 bits per heavy atom. The smallest absolute Gasteiger partial charge is 0.320 e. The van der Waals surface area contributed by atoms with Gasteiger partial charge < -0.3 is 5.32 Å². The highest BCUT2D eigenvalue weighted by molar-refractivity contribution is 5.56. The first-order valence-corrected chi connectivity index (χ1v) is 4.15. The summed E-state index contributed by atoms with van der Waals surface area (Å²) in [5.74, 6) is 0. The van der Waals surface area contributed by atoms with Crippen molar-refractivity contribution in [3.05, 3.63) is 0 Å². The monoisotopic (exact) mass is 201 g/mol. The van der Waals surface area contributed by atoms with Crippen LogP contribution in [-0.2, 0) is 4.79 Å². The Kier molecular flexibility index (Phi) is 19.6. The van der Waals surface area contributed by atoms with Gasteiger partial charge in [-0.15, -0.1) is 0 Å². The van der Waals surface area contributed by atoms with Gasteiger partial charge in [-0.2, -0.15) is 13.2 Å². The van der Waals surface area contributed by atoms with Crippen molar-refractivity contribution in [1.29, 1.82) is 0 Å². The first-order valence-electron chi connectivity index (χ1n) is 4.15. The van der Waals surface area contributed by atoms with Gasteiger partial charge in [0.05, 0.1) is 0 Å². The molecule has 0 unspecified atom stereocenters. The van der Waals surface area contributed by atoms with Crippen LogP contribution in [0.4, 0.5) is 13.2 Å². The molecule has 0 aliphatic heterocycles. The highest BCUT2D eigenvalue weighted by atomic mass is 19.4. The number of hydrogen-bond acceptors (Lipinski definition) is 2. The van der Waals surface area contributed by atoms with E-state index in [1.165, 1.54) is 6.42 Å². The molecule has 1 N–H and O–H groups in total. The normalized spacial score (nSPS) is 8.85. The molecule has 0 spiro atoms. The maximum atomic E-state index is 10.4. The molecule has 0 bridgehead atoms. The molecule has 0 heterocycles. The standard InChI is InChI=1S/C4H11N.C2HF3O.C2H6/c1-3-4-5-2;3-2(4,5)1-6;1-2/h5H,3-4H2,1-2H3;1H;1-2H3. The van der Waals surface area contributed by atoms with Crippen LogP contribution in [0.3, 0.4) is 0 Å². The molecule has 0 aliphatic carbocycles. The van der Waals surface area contributed by atoms with E-state index in [0.29, 0.717) is 0 Å². The van der Waals surface area contributed by atoms with Crippen LogP contribution in [-0.4, -0.2) is 26.1 Å². The number of aldehydes is 1. The quantitative estimate of drug-likeness (QED) is 0.695. The van der Waals surface area contributed by atoms with E-state index in [4.69, 9.17) is 4.79 Å². The van der Waals surface area contributed by atoms with Crippen LogP contribution in [0.2, 0.25) is 0 Å². The summed E-state index contributed by atoms with van der Waals surface area (Å²) in [6.07, 6.45) is -4.47. The summed E-state index contributed by atoms with van der Waals surface area (Å²) in [4.78, 5) is 8.70. The van der Waals surface area contributed by atoms with Crippen LogP contribution < -0.4 is 5.32 Å². The molecule has 0 saturated heterocycles. The van der Waals surface area contributed by atoms with Crippen LogP contribution in [0.25, 0.3) is 0 Å². The molecule has 82 valence electrons. The SMILES string of the molecule is CC.CCCNC.O=CC(F)(F)F. The summed E-state index contributed by atoms with van der Waals surface area (Å²) in [6, 6.07) is 0. The van der Waals surface area contributed by atoms with E-state index in [0.717, 1.165) is 6.54 Å². The lowest BCUT2D eigenvalue weighted by atomic mass is 10.5. The maximum absolute atomic E-state index is 10.4. The fraction of sp³-hybridized carbons (Fsp3) is 0.875. The Morgan fingerprint density at radius 3 is 1.62 bits per heavy atom. The third-order valence-corrected chi connectivity index (χ3v) is 0.634. The molecule has 0 aromatic carbocycles. The Morgan fingerprint density at radius 1 is 1.31 bits per heavy atom. The molecule has 0 aliphatic rings. The molecule has 5 heteroatoms. The van der Waals surface area contributed by atoms with Crippen molar-refractivity contribution < 1.29 is 18.0 Å². The van der Waals surface area contributed by atoms with Crippen LogP contribution >= 0.6 is 0 Å². The summed E-state index contributed by atoms with van der Waals surface area (Å²) in [6.45, 7) is 7.29. The third kappa shape index (κ3) is 51.9. The van der Waals surface area contributed by atoms with Crippen molar-refractivity contribution in [1.82, 2.24) is 5.32 Å². The van der Waals surface area contributed by atoms with Gasteiger partial charge in [-0.05, 0) is 20.0 Å². The summed E-state index contributed by atoms with van der Waals surface area (Å²) < 4.78 is 31.2. The predicted octanol–water partition coefficient (Wildman–Crippen LogP) is 2.39. The number of carbonyl (C=O) groups excluding carboxylic acids is 1. The molecule has 0 saturated carbocycles. The first kappa shape index (κ1) is 18.3. The second-order valence-electron chi connectivity index (χ2n) is 1.76. The van der Waals surface area contributed by atoms with Gasteiger partial charge in [0.1, 0.15) is 0 Å². The maximum Gasteiger partial charge on any atom is 0.446 e. The van der Waals surface area contributed by atoms with Crippen LogP contribution in [0, 0.1) is 0 Å². The second-order valence-corrected chi connectivity index (χ2v) is 1.76. The molecule has 0 atom stereocenters. The zero-order chi connectivity index (χ0) is 11.3. The molecule has 0 radical (unpaired) electrons. The molecular weight excluding hydrogens is 183 g/mol. The summed E-state index contributed by atoms with van der Waals surface area (Å²) in [7, 11) is 1.96. The third-order valence-electron chi connectivity index (χ3n) is 0.634. The van der Waals surface area contributed by atoms with E-state index in [9.17, 15) is 13.2 Å². The van der Waals surface area contributed by atoms with Crippen molar-refractivity contribution in [2.24, 2.45) is 0 Å². The molecule has 0 fully saturated rings. The lowest BCUT2D eigenvalue weighted by molar-refractivity contribution is -0.156. The predicted molar refractivity (Wildman–Crippen MR) is 47.7 cm³/mol. The highest BCUT2D eigenvalue weighted by Gasteiger charge is 2.24. The van der Waals surface area contributed by atoms with Gasteiger partial charge in [0.25, 0.3) is 0 Å². The molecule has 2 nitrogen and oxygen atoms in total. The second kappa shape index (κ2) is 14.0. The van der Waals surface area contributed by atoms with Gasteiger partial charge in [0, 0.05) is 0 Å². The molecule has 0 aromatic rings. The average molecular weight is 201 g/mol. The van der Waals surface area contributed by atoms with E-state index in [2.05, 4.69) is 12.2 Å². The fourth-order valence-corrected chi connectivity index (χ4v) is 0.250. The average Bonchev–Trinajstić information content (AvgIpc) is 2.09. The molecule has 13 heavy (non-hydrogen) atoms. The van der Waals surface area contributed by atoms with Crippen LogP contribution in [0.1, 0.15) is 27.2 Å². The summed E-state index contributed by atoms with van der Waals surface area (Å²) in [5, 5.41) is 3.02. The van der Waals surface area contributed by atoms with Crippen LogP contribution in [0.15, 0.2) is 0 Å². The van der Waals surface area contributed by atoms with Crippen LogP contribution in [0.5, 0.6) is 0 Å². The number of nitrogens with one attached hydrogen (secondary N) is 1. The Bertz CT molecular complexity index is 91.9. The highest BCUT2D eigenvalue weighted by Crippen LogP contribution is 2.08. The number of rotatable bonds is 2. The van der Waals surface area contributed by atoms with Gasteiger partial charge in [-0.3, -0.25) is 4.79 Å². The van der Waals surface area contributed by atoms with Crippen molar-refractivity contribution in [3.63, 3.8) is 0 Å².